The molecule has 0 saturated carbocycles. The van der Waals surface area contributed by atoms with Gasteiger partial charge in [0.05, 0.1) is 4.88 Å². The summed E-state index contributed by atoms with van der Waals surface area (Å²) in [5.74, 6) is 0.926. The standard InChI is InChI=1S/C13H12BrClOS/c1-8-5-10(15)6-9(2)13(8)16-7-12-11(14)3-4-17-12/h3-6H,7H2,1-2H3. The van der Waals surface area contributed by atoms with Crippen LogP contribution in [0.1, 0.15) is 16.0 Å². The molecule has 0 atom stereocenters. The van der Waals surface area contributed by atoms with Crippen LogP contribution in [0.25, 0.3) is 0 Å². The second kappa shape index (κ2) is 5.42. The van der Waals surface area contributed by atoms with Gasteiger partial charge in [-0.05, 0) is 64.5 Å². The Morgan fingerprint density at radius 3 is 2.47 bits per heavy atom. The fourth-order valence-electron chi connectivity index (χ4n) is 1.69. The van der Waals surface area contributed by atoms with E-state index in [0.717, 1.165) is 26.4 Å². The third-order valence-corrected chi connectivity index (χ3v) is 4.58. The van der Waals surface area contributed by atoms with Crippen molar-refractivity contribution in [1.29, 1.82) is 0 Å². The minimum atomic E-state index is 0.585. The SMILES string of the molecule is Cc1cc(Cl)cc(C)c1OCc1sccc1Br. The summed E-state index contributed by atoms with van der Waals surface area (Å²) in [7, 11) is 0. The Morgan fingerprint density at radius 2 is 1.94 bits per heavy atom. The van der Waals surface area contributed by atoms with Gasteiger partial charge in [-0.3, -0.25) is 0 Å². The number of benzene rings is 1. The van der Waals surface area contributed by atoms with E-state index >= 15 is 0 Å². The second-order valence-corrected chi connectivity index (χ2v) is 6.14. The van der Waals surface area contributed by atoms with Gasteiger partial charge in [0.1, 0.15) is 12.4 Å². The molecule has 90 valence electrons. The lowest BCUT2D eigenvalue weighted by molar-refractivity contribution is 0.305. The Bertz CT molecular complexity index is 513. The van der Waals surface area contributed by atoms with Gasteiger partial charge in [-0.25, -0.2) is 0 Å². The van der Waals surface area contributed by atoms with Crippen LogP contribution in [0.5, 0.6) is 5.75 Å². The van der Waals surface area contributed by atoms with Crippen molar-refractivity contribution in [1.82, 2.24) is 0 Å². The molecule has 0 N–H and O–H groups in total. The smallest absolute Gasteiger partial charge is 0.125 e. The van der Waals surface area contributed by atoms with E-state index in [0.29, 0.717) is 6.61 Å². The average molecular weight is 332 g/mol. The molecule has 2 aromatic rings. The molecule has 0 radical (unpaired) electrons. The number of aryl methyl sites for hydroxylation is 2. The van der Waals surface area contributed by atoms with E-state index in [1.165, 1.54) is 4.88 Å². The first-order chi connectivity index (χ1) is 8.08. The molecule has 0 saturated heterocycles. The van der Waals surface area contributed by atoms with Gasteiger partial charge in [-0.1, -0.05) is 11.6 Å². The summed E-state index contributed by atoms with van der Waals surface area (Å²) in [5.41, 5.74) is 2.14. The lowest BCUT2D eigenvalue weighted by atomic mass is 10.1. The van der Waals surface area contributed by atoms with Gasteiger partial charge < -0.3 is 4.74 Å². The van der Waals surface area contributed by atoms with Gasteiger partial charge in [-0.2, -0.15) is 0 Å². The van der Waals surface area contributed by atoms with Gasteiger partial charge in [-0.15, -0.1) is 11.3 Å². The van der Waals surface area contributed by atoms with Crippen LogP contribution in [0.15, 0.2) is 28.1 Å². The molecule has 4 heteroatoms. The topological polar surface area (TPSA) is 9.23 Å². The highest BCUT2D eigenvalue weighted by Crippen LogP contribution is 2.29. The van der Waals surface area contributed by atoms with E-state index in [4.69, 9.17) is 16.3 Å². The first-order valence-corrected chi connectivity index (χ1v) is 7.24. The first-order valence-electron chi connectivity index (χ1n) is 5.19. The quantitative estimate of drug-likeness (QED) is 0.735. The predicted octanol–water partition coefficient (Wildman–Crippen LogP) is 5.36. The van der Waals surface area contributed by atoms with E-state index in [1.807, 2.05) is 37.4 Å². The molecule has 0 bridgehead atoms. The maximum Gasteiger partial charge on any atom is 0.125 e. The molecule has 0 unspecified atom stereocenters. The predicted molar refractivity (Wildman–Crippen MR) is 77.3 cm³/mol. The first kappa shape index (κ1) is 12.9. The molecular formula is C13H12BrClOS. The van der Waals surface area contributed by atoms with E-state index in [-0.39, 0.29) is 0 Å². The third-order valence-electron chi connectivity index (χ3n) is 2.46. The minimum absolute atomic E-state index is 0.585. The van der Waals surface area contributed by atoms with E-state index < -0.39 is 0 Å². The number of rotatable bonds is 3. The Kier molecular flexibility index (Phi) is 4.13. The summed E-state index contributed by atoms with van der Waals surface area (Å²) in [6.45, 7) is 4.61. The summed E-state index contributed by atoms with van der Waals surface area (Å²) in [6.07, 6.45) is 0. The zero-order valence-corrected chi connectivity index (χ0v) is 12.7. The van der Waals surface area contributed by atoms with E-state index in [1.54, 1.807) is 11.3 Å². The Balaban J connectivity index is 2.17. The molecule has 0 amide bonds. The number of hydrogen-bond donors (Lipinski definition) is 0. The van der Waals surface area contributed by atoms with Crippen LogP contribution in [-0.2, 0) is 6.61 Å². The van der Waals surface area contributed by atoms with Gasteiger partial charge in [0.2, 0.25) is 0 Å². The van der Waals surface area contributed by atoms with Crippen LogP contribution in [-0.4, -0.2) is 0 Å². The number of ether oxygens (including phenoxy) is 1. The van der Waals surface area contributed by atoms with Crippen LogP contribution < -0.4 is 4.74 Å². The van der Waals surface area contributed by atoms with Crippen LogP contribution in [0.2, 0.25) is 5.02 Å². The van der Waals surface area contributed by atoms with Crippen molar-refractivity contribution < 1.29 is 4.74 Å². The highest BCUT2D eigenvalue weighted by molar-refractivity contribution is 9.10. The molecule has 2 rings (SSSR count). The van der Waals surface area contributed by atoms with Crippen molar-refractivity contribution in [2.24, 2.45) is 0 Å². The van der Waals surface area contributed by atoms with E-state index in [2.05, 4.69) is 15.9 Å². The zero-order valence-electron chi connectivity index (χ0n) is 9.59. The molecular weight excluding hydrogens is 320 g/mol. The minimum Gasteiger partial charge on any atom is -0.487 e. The molecule has 0 spiro atoms. The van der Waals surface area contributed by atoms with Crippen molar-refractivity contribution in [3.8, 4) is 5.75 Å². The maximum atomic E-state index is 5.99. The number of hydrogen-bond acceptors (Lipinski definition) is 2. The Labute approximate surface area is 119 Å². The molecule has 0 aliphatic heterocycles. The van der Waals surface area contributed by atoms with Crippen molar-refractivity contribution in [3.05, 3.63) is 49.1 Å². The number of halogens is 2. The highest BCUT2D eigenvalue weighted by atomic mass is 79.9. The van der Waals surface area contributed by atoms with Crippen LogP contribution in [0.3, 0.4) is 0 Å². The summed E-state index contributed by atoms with van der Waals surface area (Å²) >= 11 is 11.2. The molecule has 1 aromatic carbocycles. The lowest BCUT2D eigenvalue weighted by Gasteiger charge is -2.12. The molecule has 1 aromatic heterocycles. The van der Waals surface area contributed by atoms with Crippen LogP contribution >= 0.6 is 38.9 Å². The summed E-state index contributed by atoms with van der Waals surface area (Å²) < 4.78 is 6.97. The summed E-state index contributed by atoms with van der Waals surface area (Å²) in [6, 6.07) is 5.88. The van der Waals surface area contributed by atoms with Crippen molar-refractivity contribution in [3.63, 3.8) is 0 Å². The van der Waals surface area contributed by atoms with Crippen molar-refractivity contribution in [2.45, 2.75) is 20.5 Å². The van der Waals surface area contributed by atoms with Gasteiger partial charge >= 0.3 is 0 Å². The van der Waals surface area contributed by atoms with Gasteiger partial charge in [0.25, 0.3) is 0 Å². The van der Waals surface area contributed by atoms with Crippen molar-refractivity contribution in [2.75, 3.05) is 0 Å². The third kappa shape index (κ3) is 3.03. The van der Waals surface area contributed by atoms with E-state index in [9.17, 15) is 0 Å². The Hall–Kier alpha value is -0.510. The zero-order chi connectivity index (χ0) is 12.4. The maximum absolute atomic E-state index is 5.99. The molecule has 17 heavy (non-hydrogen) atoms. The summed E-state index contributed by atoms with van der Waals surface area (Å²) in [5, 5.41) is 2.80. The fraction of sp³-hybridized carbons (Fsp3) is 0.231. The van der Waals surface area contributed by atoms with Gasteiger partial charge in [0.15, 0.2) is 0 Å². The second-order valence-electron chi connectivity index (χ2n) is 3.85. The molecule has 0 aliphatic rings. The lowest BCUT2D eigenvalue weighted by Crippen LogP contribution is -1.97. The summed E-state index contributed by atoms with van der Waals surface area (Å²) in [4.78, 5) is 1.19. The van der Waals surface area contributed by atoms with Gasteiger partial charge in [0, 0.05) is 9.50 Å². The molecule has 0 fully saturated rings. The normalized spacial score (nSPS) is 10.6. The van der Waals surface area contributed by atoms with Crippen LogP contribution in [0, 0.1) is 13.8 Å². The molecule has 0 aliphatic carbocycles. The van der Waals surface area contributed by atoms with Crippen LogP contribution in [0.4, 0.5) is 0 Å². The molecule has 1 heterocycles. The largest absolute Gasteiger partial charge is 0.487 e. The fourth-order valence-corrected chi connectivity index (χ4v) is 3.40. The monoisotopic (exact) mass is 330 g/mol. The van der Waals surface area contributed by atoms with Crippen molar-refractivity contribution >= 4 is 38.9 Å². The highest BCUT2D eigenvalue weighted by Gasteiger charge is 2.08. The number of thiophene rings is 1. The average Bonchev–Trinajstić information content (AvgIpc) is 2.62. The molecule has 1 nitrogen and oxygen atoms in total. The Morgan fingerprint density at radius 1 is 1.29 bits per heavy atom.